The summed E-state index contributed by atoms with van der Waals surface area (Å²) < 4.78 is 5.53. The van der Waals surface area contributed by atoms with Gasteiger partial charge in [-0.1, -0.05) is 304 Å². The Morgan fingerprint density at radius 2 is 0.571 bits per heavy atom. The van der Waals surface area contributed by atoms with Crippen LogP contribution in [0, 0.1) is 11.8 Å². The molecule has 0 aromatic carbocycles. The van der Waals surface area contributed by atoms with Crippen LogP contribution >= 0.6 is 0 Å². The van der Waals surface area contributed by atoms with Crippen LogP contribution in [0.1, 0.15) is 323 Å². The number of esters is 1. The van der Waals surface area contributed by atoms with Crippen LogP contribution in [0.3, 0.4) is 0 Å². The maximum Gasteiger partial charge on any atom is 0.305 e. The molecule has 0 amide bonds. The van der Waals surface area contributed by atoms with E-state index in [-0.39, 0.29) is 5.97 Å². The van der Waals surface area contributed by atoms with Gasteiger partial charge < -0.3 is 4.74 Å². The number of ether oxygens (including phenoxy) is 1. The molecule has 0 aliphatic carbocycles. The SMILES string of the molecule is CCCCCCCCCCCCCCCCCCOC(=O)CCCCCCCCCCC(CCCCCC)CCCCCCCCCCCCCCCC(C)C. The molecule has 0 aromatic rings. The highest BCUT2D eigenvalue weighted by Gasteiger charge is 2.09. The molecule has 0 aliphatic heterocycles. The molecule has 0 bridgehead atoms. The van der Waals surface area contributed by atoms with Crippen molar-refractivity contribution in [3.63, 3.8) is 0 Å². The summed E-state index contributed by atoms with van der Waals surface area (Å²) in [4.78, 5) is 12.1. The van der Waals surface area contributed by atoms with Crippen molar-refractivity contribution < 1.29 is 9.53 Å². The summed E-state index contributed by atoms with van der Waals surface area (Å²) in [6, 6.07) is 0. The molecule has 56 heavy (non-hydrogen) atoms. The van der Waals surface area contributed by atoms with Crippen molar-refractivity contribution >= 4 is 5.97 Å². The molecule has 2 nitrogen and oxygen atoms in total. The molecule has 0 N–H and O–H groups in total. The van der Waals surface area contributed by atoms with Gasteiger partial charge in [0.05, 0.1) is 6.61 Å². The normalized spacial score (nSPS) is 12.2. The summed E-state index contributed by atoms with van der Waals surface area (Å²) in [7, 11) is 0. The second-order valence-corrected chi connectivity index (χ2v) is 19.2. The van der Waals surface area contributed by atoms with E-state index in [1.165, 1.54) is 276 Å². The van der Waals surface area contributed by atoms with Crippen LogP contribution < -0.4 is 0 Å². The number of carbonyl (C=O) groups is 1. The largest absolute Gasteiger partial charge is 0.466 e. The zero-order valence-corrected chi connectivity index (χ0v) is 39.7. The van der Waals surface area contributed by atoms with Crippen LogP contribution in [0.4, 0.5) is 0 Å². The third-order valence-corrected chi connectivity index (χ3v) is 12.9. The molecule has 0 aromatic heterocycles. The standard InChI is InChI=1S/C54H108O2/c1-5-7-9-11-12-13-14-15-16-17-21-24-29-34-39-45-51-56-54(55)50-44-38-33-28-27-32-37-43-49-53(47-41-10-8-6-2)48-42-36-31-26-23-20-18-19-22-25-30-35-40-46-52(3)4/h52-53H,5-51H2,1-4H3. The molecule has 336 valence electrons. The molecule has 0 fully saturated rings. The highest BCUT2D eigenvalue weighted by molar-refractivity contribution is 5.69. The summed E-state index contributed by atoms with van der Waals surface area (Å²) in [5.41, 5.74) is 0. The van der Waals surface area contributed by atoms with Crippen molar-refractivity contribution in [2.75, 3.05) is 6.61 Å². The Morgan fingerprint density at radius 3 is 0.893 bits per heavy atom. The maximum absolute atomic E-state index is 12.1. The molecule has 2 heteroatoms. The van der Waals surface area contributed by atoms with E-state index in [0.29, 0.717) is 13.0 Å². The predicted molar refractivity (Wildman–Crippen MR) is 253 cm³/mol. The van der Waals surface area contributed by atoms with Crippen molar-refractivity contribution in [2.45, 2.75) is 323 Å². The lowest BCUT2D eigenvalue weighted by Gasteiger charge is -2.17. The first kappa shape index (κ1) is 55.5. The zero-order valence-electron chi connectivity index (χ0n) is 39.7. The summed E-state index contributed by atoms with van der Waals surface area (Å²) in [5.74, 6) is 1.91. The predicted octanol–water partition coefficient (Wildman–Crippen LogP) is 19.8. The summed E-state index contributed by atoms with van der Waals surface area (Å²) in [5, 5.41) is 0. The van der Waals surface area contributed by atoms with E-state index in [2.05, 4.69) is 27.7 Å². The Balaban J connectivity index is 3.58. The average molecular weight is 789 g/mol. The molecular weight excluding hydrogens is 681 g/mol. The van der Waals surface area contributed by atoms with Gasteiger partial charge in [-0.25, -0.2) is 0 Å². The monoisotopic (exact) mass is 789 g/mol. The molecule has 1 unspecified atom stereocenters. The lowest BCUT2D eigenvalue weighted by atomic mass is 9.89. The Bertz CT molecular complexity index is 715. The van der Waals surface area contributed by atoms with Crippen molar-refractivity contribution in [1.82, 2.24) is 0 Å². The molecular formula is C54H108O2. The van der Waals surface area contributed by atoms with Crippen molar-refractivity contribution in [3.8, 4) is 0 Å². The fourth-order valence-corrected chi connectivity index (χ4v) is 8.89. The first-order valence-electron chi connectivity index (χ1n) is 26.8. The number of hydrogen-bond donors (Lipinski definition) is 0. The van der Waals surface area contributed by atoms with Gasteiger partial charge in [0.25, 0.3) is 0 Å². The van der Waals surface area contributed by atoms with Gasteiger partial charge in [0.15, 0.2) is 0 Å². The van der Waals surface area contributed by atoms with Crippen LogP contribution in [-0.4, -0.2) is 12.6 Å². The van der Waals surface area contributed by atoms with Crippen molar-refractivity contribution in [1.29, 1.82) is 0 Å². The van der Waals surface area contributed by atoms with E-state index in [0.717, 1.165) is 24.7 Å². The summed E-state index contributed by atoms with van der Waals surface area (Å²) in [6.45, 7) is 9.97. The minimum absolute atomic E-state index is 0.0364. The van der Waals surface area contributed by atoms with Crippen LogP contribution in [0.15, 0.2) is 0 Å². The van der Waals surface area contributed by atoms with E-state index in [1.54, 1.807) is 0 Å². The van der Waals surface area contributed by atoms with E-state index >= 15 is 0 Å². The molecule has 0 saturated carbocycles. The lowest BCUT2D eigenvalue weighted by molar-refractivity contribution is -0.143. The average Bonchev–Trinajstić information content (AvgIpc) is 3.19. The Labute approximate surface area is 355 Å². The van der Waals surface area contributed by atoms with Gasteiger partial charge in [-0.05, 0) is 24.7 Å². The first-order valence-corrected chi connectivity index (χ1v) is 26.8. The smallest absolute Gasteiger partial charge is 0.305 e. The highest BCUT2D eigenvalue weighted by Crippen LogP contribution is 2.25. The Hall–Kier alpha value is -0.530. The fraction of sp³-hybridized carbons (Fsp3) is 0.981. The minimum Gasteiger partial charge on any atom is -0.466 e. The van der Waals surface area contributed by atoms with Gasteiger partial charge in [-0.3, -0.25) is 4.79 Å². The van der Waals surface area contributed by atoms with Crippen LogP contribution in [0.5, 0.6) is 0 Å². The molecule has 1 atom stereocenters. The molecule has 0 saturated heterocycles. The van der Waals surface area contributed by atoms with Gasteiger partial charge in [0.2, 0.25) is 0 Å². The van der Waals surface area contributed by atoms with Gasteiger partial charge >= 0.3 is 5.97 Å². The van der Waals surface area contributed by atoms with Crippen LogP contribution in [0.2, 0.25) is 0 Å². The van der Waals surface area contributed by atoms with E-state index < -0.39 is 0 Å². The quantitative estimate of drug-likeness (QED) is 0.0453. The van der Waals surface area contributed by atoms with E-state index in [9.17, 15) is 4.79 Å². The van der Waals surface area contributed by atoms with Gasteiger partial charge in [0, 0.05) is 6.42 Å². The number of carbonyl (C=O) groups excluding carboxylic acids is 1. The minimum atomic E-state index is 0.0364. The number of unbranched alkanes of at least 4 members (excludes halogenated alkanes) is 37. The fourth-order valence-electron chi connectivity index (χ4n) is 8.89. The zero-order chi connectivity index (χ0) is 40.7. The Kier molecular flexibility index (Phi) is 48.4. The molecule has 0 heterocycles. The first-order chi connectivity index (χ1) is 27.6. The van der Waals surface area contributed by atoms with Crippen molar-refractivity contribution in [2.24, 2.45) is 11.8 Å². The summed E-state index contributed by atoms with van der Waals surface area (Å²) in [6.07, 6.45) is 63.8. The summed E-state index contributed by atoms with van der Waals surface area (Å²) >= 11 is 0. The number of hydrogen-bond acceptors (Lipinski definition) is 2. The molecule has 0 aliphatic rings. The van der Waals surface area contributed by atoms with E-state index in [1.807, 2.05) is 0 Å². The Morgan fingerprint density at radius 1 is 0.321 bits per heavy atom. The van der Waals surface area contributed by atoms with Crippen LogP contribution in [0.25, 0.3) is 0 Å². The highest BCUT2D eigenvalue weighted by atomic mass is 16.5. The van der Waals surface area contributed by atoms with Crippen molar-refractivity contribution in [3.05, 3.63) is 0 Å². The van der Waals surface area contributed by atoms with Crippen LogP contribution in [-0.2, 0) is 9.53 Å². The second-order valence-electron chi connectivity index (χ2n) is 19.2. The second kappa shape index (κ2) is 48.8. The molecule has 0 rings (SSSR count). The molecule has 0 radical (unpaired) electrons. The molecule has 0 spiro atoms. The van der Waals surface area contributed by atoms with Gasteiger partial charge in [0.1, 0.15) is 0 Å². The third kappa shape index (κ3) is 47.8. The van der Waals surface area contributed by atoms with Gasteiger partial charge in [-0.2, -0.15) is 0 Å². The van der Waals surface area contributed by atoms with Gasteiger partial charge in [-0.15, -0.1) is 0 Å². The maximum atomic E-state index is 12.1. The topological polar surface area (TPSA) is 26.3 Å². The third-order valence-electron chi connectivity index (χ3n) is 12.9. The van der Waals surface area contributed by atoms with E-state index in [4.69, 9.17) is 4.74 Å². The number of rotatable bonds is 49. The lowest BCUT2D eigenvalue weighted by Crippen LogP contribution is -2.05.